The molecule has 0 amide bonds. The van der Waals surface area contributed by atoms with E-state index in [0.717, 1.165) is 18.6 Å². The minimum atomic E-state index is -0.0983. The van der Waals surface area contributed by atoms with E-state index in [9.17, 15) is 4.79 Å². The summed E-state index contributed by atoms with van der Waals surface area (Å²) in [5.41, 5.74) is 1.33. The fourth-order valence-electron chi connectivity index (χ4n) is 5.65. The fourth-order valence-corrected chi connectivity index (χ4v) is 5.65. The van der Waals surface area contributed by atoms with E-state index in [-0.39, 0.29) is 16.2 Å². The molecule has 0 N–H and O–H groups in total. The van der Waals surface area contributed by atoms with Crippen molar-refractivity contribution in [3.63, 3.8) is 0 Å². The first-order chi connectivity index (χ1) is 9.88. The Labute approximate surface area is 126 Å². The number of ketones is 1. The summed E-state index contributed by atoms with van der Waals surface area (Å²) >= 11 is 0. The van der Waals surface area contributed by atoms with Crippen molar-refractivity contribution in [3.8, 4) is 5.75 Å². The van der Waals surface area contributed by atoms with Crippen LogP contribution in [-0.4, -0.2) is 12.9 Å². The van der Waals surface area contributed by atoms with Crippen LogP contribution in [0.4, 0.5) is 0 Å². The Morgan fingerprint density at radius 3 is 2.33 bits per heavy atom. The number of methoxy groups -OCH3 is 1. The molecule has 4 atom stereocenters. The largest absolute Gasteiger partial charge is 0.497 e. The minimum absolute atomic E-state index is 0.0505. The average molecular weight is 284 g/mol. The van der Waals surface area contributed by atoms with Gasteiger partial charge in [-0.1, -0.05) is 32.9 Å². The highest BCUT2D eigenvalue weighted by molar-refractivity contribution is 5.98. The third-order valence-corrected chi connectivity index (χ3v) is 7.29. The summed E-state index contributed by atoms with van der Waals surface area (Å²) in [6.07, 6.45) is 3.37. The molecule has 0 aromatic heterocycles. The number of rotatable bonds is 2. The van der Waals surface area contributed by atoms with Gasteiger partial charge >= 0.3 is 0 Å². The van der Waals surface area contributed by atoms with Crippen molar-refractivity contribution in [2.75, 3.05) is 7.11 Å². The summed E-state index contributed by atoms with van der Waals surface area (Å²) in [4.78, 5) is 13.2. The molecular weight excluding hydrogens is 260 g/mol. The van der Waals surface area contributed by atoms with Crippen LogP contribution in [0.1, 0.15) is 51.5 Å². The second kappa shape index (κ2) is 3.71. The second-order valence-corrected chi connectivity index (χ2v) is 8.04. The maximum Gasteiger partial charge on any atom is 0.146 e. The molecule has 3 saturated carbocycles. The minimum Gasteiger partial charge on any atom is -0.497 e. The lowest BCUT2D eigenvalue weighted by molar-refractivity contribution is -0.133. The molecule has 112 valence electrons. The highest BCUT2D eigenvalue weighted by Crippen LogP contribution is 2.81. The standard InChI is InChI=1S/C19H24O2/c1-17(2)15-9-10-18(17,3)16(20)19(15)11-14(19)12-5-7-13(21-4)8-6-12/h5-8,14-15H,9-11H2,1-4H3/t14-,15-,18+,19+/m0/s1. The van der Waals surface area contributed by atoms with Crippen LogP contribution in [0.2, 0.25) is 0 Å². The molecule has 0 unspecified atom stereocenters. The first kappa shape index (κ1) is 13.4. The number of hydrogen-bond donors (Lipinski definition) is 0. The molecule has 1 aromatic rings. The number of carbonyl (C=O) groups excluding carboxylic acids is 1. The van der Waals surface area contributed by atoms with Gasteiger partial charge in [-0.25, -0.2) is 0 Å². The Kier molecular flexibility index (Phi) is 2.36. The molecule has 2 heteroatoms. The third-order valence-electron chi connectivity index (χ3n) is 7.29. The van der Waals surface area contributed by atoms with E-state index in [4.69, 9.17) is 4.74 Å². The predicted molar refractivity (Wildman–Crippen MR) is 82.4 cm³/mol. The van der Waals surface area contributed by atoms with Gasteiger partial charge in [0, 0.05) is 10.8 Å². The second-order valence-electron chi connectivity index (χ2n) is 8.04. The van der Waals surface area contributed by atoms with E-state index in [1.54, 1.807) is 7.11 Å². The molecule has 2 nitrogen and oxygen atoms in total. The smallest absolute Gasteiger partial charge is 0.146 e. The highest BCUT2D eigenvalue weighted by atomic mass is 16.5. The van der Waals surface area contributed by atoms with Crippen molar-refractivity contribution in [1.29, 1.82) is 0 Å². The van der Waals surface area contributed by atoms with Crippen molar-refractivity contribution >= 4 is 5.78 Å². The highest BCUT2D eigenvalue weighted by Gasteiger charge is 2.80. The summed E-state index contributed by atoms with van der Waals surface area (Å²) in [5.74, 6) is 2.44. The van der Waals surface area contributed by atoms with Gasteiger partial charge in [-0.2, -0.15) is 0 Å². The van der Waals surface area contributed by atoms with Crippen molar-refractivity contribution in [1.82, 2.24) is 0 Å². The number of carbonyl (C=O) groups is 1. The van der Waals surface area contributed by atoms with E-state index in [0.29, 0.717) is 17.6 Å². The van der Waals surface area contributed by atoms with Crippen LogP contribution in [0.25, 0.3) is 0 Å². The molecule has 1 aromatic carbocycles. The van der Waals surface area contributed by atoms with E-state index < -0.39 is 0 Å². The van der Waals surface area contributed by atoms with Gasteiger partial charge in [0.15, 0.2) is 0 Å². The van der Waals surface area contributed by atoms with Gasteiger partial charge in [0.25, 0.3) is 0 Å². The first-order valence-corrected chi connectivity index (χ1v) is 8.07. The van der Waals surface area contributed by atoms with Gasteiger partial charge < -0.3 is 4.74 Å². The van der Waals surface area contributed by atoms with Crippen LogP contribution < -0.4 is 4.74 Å². The maximum atomic E-state index is 13.2. The summed E-state index contributed by atoms with van der Waals surface area (Å²) in [6, 6.07) is 8.33. The monoisotopic (exact) mass is 284 g/mol. The molecule has 3 aliphatic carbocycles. The van der Waals surface area contributed by atoms with Gasteiger partial charge in [0.2, 0.25) is 0 Å². The Morgan fingerprint density at radius 1 is 1.14 bits per heavy atom. The molecular formula is C19H24O2. The van der Waals surface area contributed by atoms with Gasteiger partial charge in [-0.15, -0.1) is 0 Å². The molecule has 0 heterocycles. The van der Waals surface area contributed by atoms with Crippen molar-refractivity contribution in [2.45, 2.75) is 46.0 Å². The van der Waals surface area contributed by atoms with E-state index in [2.05, 4.69) is 32.9 Å². The van der Waals surface area contributed by atoms with Crippen molar-refractivity contribution in [2.24, 2.45) is 22.2 Å². The van der Waals surface area contributed by atoms with E-state index in [1.165, 1.54) is 12.0 Å². The lowest BCUT2D eigenvalue weighted by Gasteiger charge is -2.32. The van der Waals surface area contributed by atoms with Gasteiger partial charge in [-0.3, -0.25) is 4.79 Å². The molecule has 1 spiro atoms. The van der Waals surface area contributed by atoms with Crippen LogP contribution in [0.5, 0.6) is 5.75 Å². The van der Waals surface area contributed by atoms with Crippen LogP contribution in [-0.2, 0) is 4.79 Å². The zero-order valence-electron chi connectivity index (χ0n) is 13.4. The number of Topliss-reactive ketones (excluding diaryl/α,β-unsaturated/α-hetero) is 1. The Morgan fingerprint density at radius 2 is 1.81 bits per heavy atom. The number of ether oxygens (including phenoxy) is 1. The first-order valence-electron chi connectivity index (χ1n) is 8.07. The Bertz CT molecular complexity index is 615. The molecule has 3 aliphatic rings. The third kappa shape index (κ3) is 1.32. The van der Waals surface area contributed by atoms with Crippen LogP contribution in [0.3, 0.4) is 0 Å². The summed E-state index contributed by atoms with van der Waals surface area (Å²) in [6.45, 7) is 6.86. The Hall–Kier alpha value is -1.31. The molecule has 0 radical (unpaired) electrons. The van der Waals surface area contributed by atoms with E-state index in [1.807, 2.05) is 12.1 Å². The SMILES string of the molecule is COc1ccc([C@@H]2C[C@@]23C(=O)[C@@]2(C)CC[C@H]3C2(C)C)cc1. The maximum absolute atomic E-state index is 13.2. The predicted octanol–water partition coefficient (Wildman–Crippen LogP) is 4.19. The van der Waals surface area contributed by atoms with Gasteiger partial charge in [0.05, 0.1) is 7.11 Å². The molecule has 21 heavy (non-hydrogen) atoms. The number of hydrogen-bond acceptors (Lipinski definition) is 2. The molecule has 0 aliphatic heterocycles. The summed E-state index contributed by atoms with van der Waals surface area (Å²) in [7, 11) is 1.69. The van der Waals surface area contributed by atoms with Crippen LogP contribution >= 0.6 is 0 Å². The van der Waals surface area contributed by atoms with Crippen molar-refractivity contribution in [3.05, 3.63) is 29.8 Å². The normalized spacial score (nSPS) is 42.6. The molecule has 3 fully saturated rings. The quantitative estimate of drug-likeness (QED) is 0.814. The van der Waals surface area contributed by atoms with Crippen molar-refractivity contribution < 1.29 is 9.53 Å². The fraction of sp³-hybridized carbons (Fsp3) is 0.632. The zero-order valence-corrected chi connectivity index (χ0v) is 13.4. The summed E-state index contributed by atoms with van der Waals surface area (Å²) < 4.78 is 5.24. The Balaban J connectivity index is 1.71. The van der Waals surface area contributed by atoms with E-state index >= 15 is 0 Å². The van der Waals surface area contributed by atoms with Crippen LogP contribution in [0.15, 0.2) is 24.3 Å². The zero-order chi connectivity index (χ0) is 15.0. The number of benzene rings is 1. The lowest BCUT2D eigenvalue weighted by Crippen LogP contribution is -2.34. The van der Waals surface area contributed by atoms with Gasteiger partial charge in [-0.05, 0) is 54.2 Å². The number of fused-ring (bicyclic) bond motifs is 3. The molecule has 0 saturated heterocycles. The van der Waals surface area contributed by atoms with Gasteiger partial charge in [0.1, 0.15) is 11.5 Å². The molecule has 2 bridgehead atoms. The average Bonchev–Trinajstić information content (AvgIpc) is 3.12. The van der Waals surface area contributed by atoms with Crippen LogP contribution in [0, 0.1) is 22.2 Å². The topological polar surface area (TPSA) is 26.3 Å². The molecule has 4 rings (SSSR count). The lowest BCUT2D eigenvalue weighted by atomic mass is 9.70. The summed E-state index contributed by atoms with van der Waals surface area (Å²) in [5, 5.41) is 0.